The van der Waals surface area contributed by atoms with Gasteiger partial charge in [-0.1, -0.05) is 25.1 Å². The summed E-state index contributed by atoms with van der Waals surface area (Å²) in [6, 6.07) is 7.80. The molecule has 0 spiro atoms. The van der Waals surface area contributed by atoms with Crippen LogP contribution in [0.2, 0.25) is 0 Å². The Morgan fingerprint density at radius 3 is 2.33 bits per heavy atom. The fourth-order valence-electron chi connectivity index (χ4n) is 2.12. The third-order valence-corrected chi connectivity index (χ3v) is 5.23. The normalized spacial score (nSPS) is 24.7. The summed E-state index contributed by atoms with van der Waals surface area (Å²) >= 11 is 0. The summed E-state index contributed by atoms with van der Waals surface area (Å²) in [5.74, 6) is -1.67. The molecule has 96 valence electrons. The highest BCUT2D eigenvalue weighted by atomic mass is 32.2. The zero-order valence-corrected chi connectivity index (χ0v) is 10.6. The highest BCUT2D eigenvalue weighted by molar-refractivity contribution is 7.92. The maximum atomic E-state index is 12.3. The van der Waals surface area contributed by atoms with Crippen LogP contribution in [0.15, 0.2) is 35.2 Å². The van der Waals surface area contributed by atoms with Crippen LogP contribution in [0.1, 0.15) is 13.3 Å². The molecule has 6 heteroatoms. The maximum absolute atomic E-state index is 12.3. The molecule has 1 N–H and O–H groups in total. The summed E-state index contributed by atoms with van der Waals surface area (Å²) in [7, 11) is -3.75. The molecule has 0 saturated carbocycles. The maximum Gasteiger partial charge on any atom is 0.245 e. The van der Waals surface area contributed by atoms with Gasteiger partial charge in [-0.15, -0.1) is 0 Å². The van der Waals surface area contributed by atoms with Crippen LogP contribution in [0.4, 0.5) is 0 Å². The van der Waals surface area contributed by atoms with E-state index in [2.05, 4.69) is 5.32 Å². The second-order valence-electron chi connectivity index (χ2n) is 4.37. The summed E-state index contributed by atoms with van der Waals surface area (Å²) < 4.78 is 24.7. The van der Waals surface area contributed by atoms with E-state index in [-0.39, 0.29) is 11.3 Å². The Kier molecular flexibility index (Phi) is 3.21. The molecular formula is C12H13NO4S. The minimum Gasteiger partial charge on any atom is -0.295 e. The van der Waals surface area contributed by atoms with Crippen molar-refractivity contribution in [1.82, 2.24) is 5.32 Å². The van der Waals surface area contributed by atoms with Crippen molar-refractivity contribution in [3.8, 4) is 0 Å². The molecule has 1 fully saturated rings. The van der Waals surface area contributed by atoms with E-state index < -0.39 is 32.8 Å². The van der Waals surface area contributed by atoms with Crippen LogP contribution in [0, 0.1) is 5.92 Å². The van der Waals surface area contributed by atoms with E-state index in [1.807, 2.05) is 0 Å². The third kappa shape index (κ3) is 2.15. The van der Waals surface area contributed by atoms with Gasteiger partial charge in [-0.25, -0.2) is 8.42 Å². The number of sulfone groups is 1. The quantitative estimate of drug-likeness (QED) is 0.792. The summed E-state index contributed by atoms with van der Waals surface area (Å²) in [5, 5.41) is 0.882. The molecule has 1 aliphatic rings. The number of imide groups is 1. The Morgan fingerprint density at radius 1 is 1.17 bits per heavy atom. The van der Waals surface area contributed by atoms with E-state index in [0.29, 0.717) is 0 Å². The molecule has 0 radical (unpaired) electrons. The number of carbonyl (C=O) groups is 2. The van der Waals surface area contributed by atoms with Crippen molar-refractivity contribution in [2.24, 2.45) is 5.92 Å². The van der Waals surface area contributed by atoms with Crippen LogP contribution >= 0.6 is 0 Å². The second-order valence-corrected chi connectivity index (χ2v) is 6.44. The van der Waals surface area contributed by atoms with E-state index in [0.717, 1.165) is 0 Å². The molecule has 0 unspecified atom stereocenters. The lowest BCUT2D eigenvalue weighted by atomic mass is 9.99. The van der Waals surface area contributed by atoms with Crippen LogP contribution in [-0.4, -0.2) is 25.5 Å². The topological polar surface area (TPSA) is 80.3 Å². The number of hydrogen-bond acceptors (Lipinski definition) is 4. The summed E-state index contributed by atoms with van der Waals surface area (Å²) in [5.41, 5.74) is 0. The van der Waals surface area contributed by atoms with Crippen LogP contribution in [0.25, 0.3) is 0 Å². The van der Waals surface area contributed by atoms with E-state index in [4.69, 9.17) is 0 Å². The van der Waals surface area contributed by atoms with E-state index in [1.54, 1.807) is 25.1 Å². The van der Waals surface area contributed by atoms with E-state index >= 15 is 0 Å². The zero-order chi connectivity index (χ0) is 13.3. The molecule has 18 heavy (non-hydrogen) atoms. The Balaban J connectivity index is 2.42. The predicted octanol–water partition coefficient (Wildman–Crippen LogP) is 0.511. The highest BCUT2D eigenvalue weighted by Gasteiger charge is 2.42. The van der Waals surface area contributed by atoms with Crippen molar-refractivity contribution < 1.29 is 18.0 Å². The SMILES string of the molecule is C[C@@H]1CC(=O)NC(=O)[C@@H]1S(=O)(=O)c1ccccc1. The van der Waals surface area contributed by atoms with Gasteiger partial charge in [0.1, 0.15) is 5.25 Å². The van der Waals surface area contributed by atoms with Gasteiger partial charge in [-0.2, -0.15) is 0 Å². The van der Waals surface area contributed by atoms with Crippen molar-refractivity contribution >= 4 is 21.7 Å². The minimum atomic E-state index is -3.75. The molecule has 1 saturated heterocycles. The number of nitrogens with one attached hydrogen (secondary N) is 1. The van der Waals surface area contributed by atoms with Crippen LogP contribution in [-0.2, 0) is 19.4 Å². The van der Waals surface area contributed by atoms with Gasteiger partial charge in [-0.3, -0.25) is 14.9 Å². The molecule has 5 nitrogen and oxygen atoms in total. The Hall–Kier alpha value is -1.69. The number of amides is 2. The number of carbonyl (C=O) groups excluding carboxylic acids is 2. The largest absolute Gasteiger partial charge is 0.295 e. The van der Waals surface area contributed by atoms with Crippen molar-refractivity contribution in [2.45, 2.75) is 23.5 Å². The van der Waals surface area contributed by atoms with Gasteiger partial charge in [0.2, 0.25) is 11.8 Å². The smallest absolute Gasteiger partial charge is 0.245 e. The Labute approximate surface area is 105 Å². The number of benzene rings is 1. The molecule has 2 rings (SSSR count). The molecule has 0 aliphatic carbocycles. The van der Waals surface area contributed by atoms with Gasteiger partial charge in [0, 0.05) is 6.42 Å². The summed E-state index contributed by atoms with van der Waals surface area (Å²) in [6.45, 7) is 1.60. The van der Waals surface area contributed by atoms with Crippen molar-refractivity contribution in [1.29, 1.82) is 0 Å². The molecule has 1 aromatic rings. The third-order valence-electron chi connectivity index (χ3n) is 2.95. The van der Waals surface area contributed by atoms with E-state index in [1.165, 1.54) is 12.1 Å². The van der Waals surface area contributed by atoms with Crippen LogP contribution < -0.4 is 5.32 Å². The van der Waals surface area contributed by atoms with Crippen molar-refractivity contribution in [2.75, 3.05) is 0 Å². The molecule has 1 aromatic carbocycles. The molecule has 1 heterocycles. The minimum absolute atomic E-state index is 0.0441. The first-order valence-corrected chi connectivity index (χ1v) is 7.10. The van der Waals surface area contributed by atoms with E-state index in [9.17, 15) is 18.0 Å². The zero-order valence-electron chi connectivity index (χ0n) is 9.79. The number of piperidine rings is 1. The number of rotatable bonds is 2. The van der Waals surface area contributed by atoms with Crippen molar-refractivity contribution in [3.05, 3.63) is 30.3 Å². The standard InChI is InChI=1S/C12H13NO4S/c1-8-7-10(14)13-12(15)11(8)18(16,17)9-5-3-2-4-6-9/h2-6,8,11H,7H2,1H3,(H,13,14,15)/t8-,11-/m1/s1. The lowest BCUT2D eigenvalue weighted by molar-refractivity contribution is -0.134. The first kappa shape index (κ1) is 12.8. The predicted molar refractivity (Wildman–Crippen MR) is 64.3 cm³/mol. The lowest BCUT2D eigenvalue weighted by Crippen LogP contribution is -2.51. The monoisotopic (exact) mass is 267 g/mol. The first-order chi connectivity index (χ1) is 8.43. The number of hydrogen-bond donors (Lipinski definition) is 1. The Bertz CT molecular complexity index is 579. The molecule has 1 aliphatic heterocycles. The fraction of sp³-hybridized carbons (Fsp3) is 0.333. The van der Waals surface area contributed by atoms with Crippen LogP contribution in [0.5, 0.6) is 0 Å². The van der Waals surface area contributed by atoms with Crippen molar-refractivity contribution in [3.63, 3.8) is 0 Å². The summed E-state index contributed by atoms with van der Waals surface area (Å²) in [4.78, 5) is 23.0. The first-order valence-electron chi connectivity index (χ1n) is 5.55. The average Bonchev–Trinajstić information content (AvgIpc) is 2.28. The van der Waals surface area contributed by atoms with Gasteiger partial charge >= 0.3 is 0 Å². The second kappa shape index (κ2) is 4.53. The molecule has 0 aromatic heterocycles. The molecule has 2 amide bonds. The van der Waals surface area contributed by atoms with Gasteiger partial charge in [0.25, 0.3) is 0 Å². The summed E-state index contributed by atoms with van der Waals surface area (Å²) in [6.07, 6.45) is 0.0441. The molecular weight excluding hydrogens is 254 g/mol. The fourth-order valence-corrected chi connectivity index (χ4v) is 4.00. The molecule has 0 bridgehead atoms. The average molecular weight is 267 g/mol. The van der Waals surface area contributed by atoms with Gasteiger partial charge < -0.3 is 0 Å². The lowest BCUT2D eigenvalue weighted by Gasteiger charge is -2.26. The van der Waals surface area contributed by atoms with Gasteiger partial charge in [-0.05, 0) is 18.1 Å². The van der Waals surface area contributed by atoms with Crippen LogP contribution in [0.3, 0.4) is 0 Å². The Morgan fingerprint density at radius 2 is 1.78 bits per heavy atom. The van der Waals surface area contributed by atoms with Gasteiger partial charge in [0.15, 0.2) is 9.84 Å². The molecule has 2 atom stereocenters. The van der Waals surface area contributed by atoms with Gasteiger partial charge in [0.05, 0.1) is 4.90 Å². The highest BCUT2D eigenvalue weighted by Crippen LogP contribution is 2.26.